The van der Waals surface area contributed by atoms with Crippen LogP contribution in [0, 0.1) is 6.92 Å². The topological polar surface area (TPSA) is 111 Å². The van der Waals surface area contributed by atoms with Gasteiger partial charge in [0.15, 0.2) is 11.5 Å². The van der Waals surface area contributed by atoms with Crippen molar-refractivity contribution in [3.8, 4) is 5.75 Å². The summed E-state index contributed by atoms with van der Waals surface area (Å²) in [6.45, 7) is 15.2. The molecular weight excluding hydrogens is 653 g/mol. The molecule has 3 heterocycles. The normalized spacial score (nSPS) is 12.8. The summed E-state index contributed by atoms with van der Waals surface area (Å²) >= 11 is 1.89. The number of aromatic amines is 1. The number of hydrogen-bond acceptors (Lipinski definition) is 8. The number of aromatic nitrogens is 4. The molecule has 1 aromatic carbocycles. The molecule has 0 saturated carbocycles. The van der Waals surface area contributed by atoms with E-state index in [1.165, 1.54) is 100 Å². The fourth-order valence-corrected chi connectivity index (χ4v) is 8.43. The van der Waals surface area contributed by atoms with Gasteiger partial charge in [-0.2, -0.15) is 4.40 Å². The number of hydrogen-bond donors (Lipinski definition) is 3. The number of rotatable bonds is 21. The Morgan fingerprint density at radius 1 is 0.918 bits per heavy atom. The van der Waals surface area contributed by atoms with Gasteiger partial charge in [-0.15, -0.1) is 21.5 Å². The smallest absolute Gasteiger partial charge is 0.196 e. The lowest BCUT2D eigenvalue weighted by Crippen LogP contribution is -2.24. The SMILES string of the molecule is CCCCCCCCN(CCCCCCCC)c1ccc(Cc2c(C(C)(C)C)[nH]n3c(C=NS(O)(O)c4cc(C)ccc4OC)nnc23)s1. The number of nitrogens with one attached hydrogen (secondary N) is 1. The maximum absolute atomic E-state index is 11.0. The van der Waals surface area contributed by atoms with Crippen LogP contribution in [0.1, 0.15) is 139 Å². The van der Waals surface area contributed by atoms with Crippen LogP contribution in [0.2, 0.25) is 0 Å². The lowest BCUT2D eigenvalue weighted by molar-refractivity contribution is 0.397. The van der Waals surface area contributed by atoms with Gasteiger partial charge in [-0.05, 0) is 49.6 Å². The van der Waals surface area contributed by atoms with Crippen LogP contribution in [0.25, 0.3) is 5.65 Å². The molecule has 3 aromatic heterocycles. The fraction of sp³-hybridized carbons (Fsp3) is 0.605. The molecule has 4 rings (SSSR count). The summed E-state index contributed by atoms with van der Waals surface area (Å²) < 4.78 is 33.4. The third-order valence-electron chi connectivity index (χ3n) is 9.04. The minimum absolute atomic E-state index is 0.177. The lowest BCUT2D eigenvalue weighted by atomic mass is 9.88. The highest BCUT2D eigenvalue weighted by Gasteiger charge is 2.27. The van der Waals surface area contributed by atoms with Gasteiger partial charge in [0.1, 0.15) is 10.6 Å². The highest BCUT2D eigenvalue weighted by Crippen LogP contribution is 2.53. The Bertz CT molecular complexity index is 1600. The zero-order chi connectivity index (χ0) is 35.4. The Hall–Kier alpha value is -2.86. The predicted octanol–water partition coefficient (Wildman–Crippen LogP) is 11.0. The van der Waals surface area contributed by atoms with Gasteiger partial charge in [-0.25, -0.2) is 4.52 Å². The molecule has 0 atom stereocenters. The second-order valence-electron chi connectivity index (χ2n) is 14.3. The first-order chi connectivity index (χ1) is 23.5. The average molecular weight is 713 g/mol. The third-order valence-corrected chi connectivity index (χ3v) is 11.5. The van der Waals surface area contributed by atoms with E-state index >= 15 is 0 Å². The number of benzene rings is 1. The standard InChI is InChI=1S/C38H60N6O3S2/c1-8-10-12-14-16-18-24-43(25-19-17-15-13-11-9-2)35-23-21-30(48-35)27-31-36(38(4,5)6)42-44-34(40-41-37(31)44)28-39-49(45,46)33-26-29(3)20-22-32(33)47-7/h20-23,26,28,42,45-46H,8-19,24-25,27H2,1-7H3. The van der Waals surface area contributed by atoms with Gasteiger partial charge in [0, 0.05) is 41.1 Å². The van der Waals surface area contributed by atoms with E-state index in [1.807, 2.05) is 24.3 Å². The van der Waals surface area contributed by atoms with E-state index in [4.69, 9.17) is 4.74 Å². The largest absolute Gasteiger partial charge is 0.495 e. The molecular formula is C38H60N6O3S2. The van der Waals surface area contributed by atoms with Crippen LogP contribution in [0.5, 0.6) is 5.75 Å². The number of methoxy groups -OCH3 is 1. The molecule has 0 fully saturated rings. The molecule has 11 heteroatoms. The van der Waals surface area contributed by atoms with E-state index in [9.17, 15) is 9.11 Å². The number of nitrogens with zero attached hydrogens (tertiary/aromatic N) is 5. The lowest BCUT2D eigenvalue weighted by Gasteiger charge is -2.28. The van der Waals surface area contributed by atoms with Crippen LogP contribution in [-0.2, 0) is 11.8 Å². The van der Waals surface area contributed by atoms with Crippen molar-refractivity contribution in [2.75, 3.05) is 25.1 Å². The van der Waals surface area contributed by atoms with Gasteiger partial charge in [0.2, 0.25) is 0 Å². The molecule has 0 aliphatic rings. The fourth-order valence-electron chi connectivity index (χ4n) is 6.24. The molecule has 49 heavy (non-hydrogen) atoms. The summed E-state index contributed by atoms with van der Waals surface area (Å²) in [5.41, 5.74) is 3.60. The number of aryl methyl sites for hydroxylation is 1. The highest BCUT2D eigenvalue weighted by atomic mass is 32.3. The first-order valence-electron chi connectivity index (χ1n) is 18.3. The molecule has 9 nitrogen and oxygen atoms in total. The third kappa shape index (κ3) is 10.8. The Kier molecular flexibility index (Phi) is 14.6. The molecule has 0 aliphatic heterocycles. The monoisotopic (exact) mass is 712 g/mol. The van der Waals surface area contributed by atoms with Crippen molar-refractivity contribution in [3.63, 3.8) is 0 Å². The average Bonchev–Trinajstić information content (AvgIpc) is 3.79. The zero-order valence-corrected chi connectivity index (χ0v) is 32.6. The van der Waals surface area contributed by atoms with Crippen molar-refractivity contribution in [1.29, 1.82) is 0 Å². The van der Waals surface area contributed by atoms with Crippen LogP contribution in [0.15, 0.2) is 39.6 Å². The van der Waals surface area contributed by atoms with Gasteiger partial charge >= 0.3 is 0 Å². The Labute approximate surface area is 300 Å². The molecule has 0 unspecified atom stereocenters. The molecule has 0 spiro atoms. The Morgan fingerprint density at radius 2 is 1.55 bits per heavy atom. The summed E-state index contributed by atoms with van der Waals surface area (Å²) in [4.78, 5) is 4.15. The number of ether oxygens (including phenoxy) is 1. The summed E-state index contributed by atoms with van der Waals surface area (Å²) in [7, 11) is -2.03. The van der Waals surface area contributed by atoms with Gasteiger partial charge in [0.05, 0.1) is 18.3 Å². The molecule has 272 valence electrons. The number of anilines is 1. The summed E-state index contributed by atoms with van der Waals surface area (Å²) in [6.07, 6.45) is 17.8. The molecule has 0 saturated heterocycles. The summed E-state index contributed by atoms with van der Waals surface area (Å²) in [5, 5.41) is 13.8. The quantitative estimate of drug-likeness (QED) is 0.0586. The number of thiophene rings is 1. The maximum Gasteiger partial charge on any atom is 0.196 e. The van der Waals surface area contributed by atoms with Crippen molar-refractivity contribution >= 4 is 39.0 Å². The second-order valence-corrected chi connectivity index (χ2v) is 17.1. The first kappa shape index (κ1) is 38.9. The minimum Gasteiger partial charge on any atom is -0.495 e. The van der Waals surface area contributed by atoms with Gasteiger partial charge in [0.25, 0.3) is 0 Å². The maximum atomic E-state index is 11.0. The Morgan fingerprint density at radius 3 is 2.16 bits per heavy atom. The molecule has 0 amide bonds. The van der Waals surface area contributed by atoms with Crippen molar-refractivity contribution in [2.24, 2.45) is 4.40 Å². The van der Waals surface area contributed by atoms with Gasteiger partial charge in [-0.1, -0.05) is 116 Å². The highest BCUT2D eigenvalue weighted by molar-refractivity contribution is 8.23. The first-order valence-corrected chi connectivity index (χ1v) is 20.6. The van der Waals surface area contributed by atoms with Crippen LogP contribution < -0.4 is 9.64 Å². The molecule has 4 aromatic rings. The van der Waals surface area contributed by atoms with Crippen molar-refractivity contribution in [3.05, 3.63) is 57.9 Å². The molecule has 3 N–H and O–H groups in total. The summed E-state index contributed by atoms with van der Waals surface area (Å²) in [6, 6.07) is 9.84. The number of unbranched alkanes of at least 4 members (excludes halogenated alkanes) is 10. The van der Waals surface area contributed by atoms with Gasteiger partial charge in [-0.3, -0.25) is 14.2 Å². The zero-order valence-electron chi connectivity index (χ0n) is 30.9. The van der Waals surface area contributed by atoms with Crippen molar-refractivity contribution in [2.45, 2.75) is 135 Å². The minimum atomic E-state index is -3.54. The van der Waals surface area contributed by atoms with E-state index in [1.54, 1.807) is 16.6 Å². The summed E-state index contributed by atoms with van der Waals surface area (Å²) in [5.74, 6) is 0.772. The van der Waals surface area contributed by atoms with Crippen LogP contribution in [0.3, 0.4) is 0 Å². The van der Waals surface area contributed by atoms with E-state index in [0.29, 0.717) is 11.6 Å². The van der Waals surface area contributed by atoms with E-state index in [0.717, 1.165) is 42.0 Å². The van der Waals surface area contributed by atoms with Crippen LogP contribution in [0.4, 0.5) is 5.00 Å². The molecule has 0 radical (unpaired) electrons. The van der Waals surface area contributed by atoms with E-state index < -0.39 is 10.8 Å². The number of H-pyrrole nitrogens is 1. The van der Waals surface area contributed by atoms with Crippen LogP contribution >= 0.6 is 22.1 Å². The van der Waals surface area contributed by atoms with Crippen molar-refractivity contribution in [1.82, 2.24) is 19.8 Å². The molecule has 0 bridgehead atoms. The Balaban J connectivity index is 1.55. The second kappa shape index (κ2) is 18.4. The van der Waals surface area contributed by atoms with Crippen molar-refractivity contribution < 1.29 is 13.8 Å². The van der Waals surface area contributed by atoms with Crippen LogP contribution in [-0.4, -0.2) is 55.3 Å². The van der Waals surface area contributed by atoms with Gasteiger partial charge < -0.3 is 9.64 Å². The number of fused-ring (bicyclic) bond motifs is 1. The van der Waals surface area contributed by atoms with E-state index in [-0.39, 0.29) is 10.3 Å². The van der Waals surface area contributed by atoms with E-state index in [2.05, 4.69) is 71.3 Å². The predicted molar refractivity (Wildman–Crippen MR) is 209 cm³/mol. The molecule has 0 aliphatic carbocycles.